The summed E-state index contributed by atoms with van der Waals surface area (Å²) in [6.07, 6.45) is 13.3. The molecule has 286 valence electrons. The number of ether oxygens (including phenoxy) is 1. The standard InChI is InChI=1S/C37H42F3N3O6S4/c1-25-5-11-33-31(19-25)42(14-3-13-41-53(47,48)37(38,39)40)35(50-33)23-27-7-9-29-10-8-28(22-30(29)21-27)24-36-43(15-17-49-16-4-18-52(44,45)46)32-20-26(2)6-12-34(32)51-36/h5-6,11-12,19-24,29,41H,3-4,7-10,13-18H2,1-2H3/p+1. The highest BCUT2D eigenvalue weighted by molar-refractivity contribution is 8.03. The maximum Gasteiger partial charge on any atom is 0.511 e. The molecule has 2 heterocycles. The van der Waals surface area contributed by atoms with E-state index in [0.717, 1.165) is 67.6 Å². The summed E-state index contributed by atoms with van der Waals surface area (Å²) in [5.41, 5.74) is 2.61. The average Bonchev–Trinajstić information content (AvgIpc) is 3.59. The number of benzene rings is 2. The molecule has 16 heteroatoms. The van der Waals surface area contributed by atoms with Crippen LogP contribution in [0.1, 0.15) is 54.7 Å². The van der Waals surface area contributed by atoms with Crippen molar-refractivity contribution >= 4 is 65.2 Å². The van der Waals surface area contributed by atoms with Crippen molar-refractivity contribution in [1.82, 2.24) is 4.72 Å². The van der Waals surface area contributed by atoms with E-state index in [9.17, 15) is 30.0 Å². The van der Waals surface area contributed by atoms with Gasteiger partial charge >= 0.3 is 15.5 Å². The van der Waals surface area contributed by atoms with Gasteiger partial charge in [-0.2, -0.15) is 26.2 Å². The second-order valence-electron chi connectivity index (χ2n) is 13.6. The number of halogens is 3. The summed E-state index contributed by atoms with van der Waals surface area (Å²) in [6, 6.07) is 12.5. The Morgan fingerprint density at radius 1 is 1.00 bits per heavy atom. The van der Waals surface area contributed by atoms with Crippen LogP contribution in [0.2, 0.25) is 0 Å². The Morgan fingerprint density at radius 3 is 2.53 bits per heavy atom. The zero-order chi connectivity index (χ0) is 38.0. The summed E-state index contributed by atoms with van der Waals surface area (Å²) in [6.45, 7) is 5.30. The van der Waals surface area contributed by atoms with Gasteiger partial charge in [0.15, 0.2) is 6.54 Å². The number of thioether (sulfide) groups is 1. The number of sulfonamides is 1. The first-order chi connectivity index (χ1) is 25.1. The third-order valence-corrected chi connectivity index (χ3v) is 13.7. The molecule has 3 aromatic rings. The lowest BCUT2D eigenvalue weighted by Crippen LogP contribution is -2.40. The van der Waals surface area contributed by atoms with Gasteiger partial charge in [-0.25, -0.2) is 13.1 Å². The van der Waals surface area contributed by atoms with E-state index in [-0.39, 0.29) is 31.7 Å². The van der Waals surface area contributed by atoms with Crippen LogP contribution in [0.4, 0.5) is 18.9 Å². The van der Waals surface area contributed by atoms with E-state index >= 15 is 0 Å². The van der Waals surface area contributed by atoms with Crippen molar-refractivity contribution in [3.05, 3.63) is 92.5 Å². The highest BCUT2D eigenvalue weighted by Gasteiger charge is 2.45. The topological polar surface area (TPSA) is 117 Å². The van der Waals surface area contributed by atoms with Gasteiger partial charge in [0, 0.05) is 43.2 Å². The van der Waals surface area contributed by atoms with E-state index in [1.165, 1.54) is 16.7 Å². The Balaban J connectivity index is 1.21. The molecule has 3 aliphatic rings. The Hall–Kier alpha value is -2.99. The van der Waals surface area contributed by atoms with Crippen molar-refractivity contribution in [1.29, 1.82) is 0 Å². The average molecular weight is 811 g/mol. The molecule has 1 unspecified atom stereocenters. The number of aryl methyl sites for hydroxylation is 3. The number of hydrogen-bond donors (Lipinski definition) is 2. The SMILES string of the molecule is Cc1ccc2c(c1)N(CCOCCCS(=O)(=O)O)/C(=C/C1=CC3=C/C(=C/c4sc5ccc(C)cc5[n+]4CCCNS(=O)(=O)C(F)(F)F)CCC3CC1)S2. The molecule has 1 aromatic heterocycles. The summed E-state index contributed by atoms with van der Waals surface area (Å²) in [7, 11) is -9.41. The molecule has 0 amide bonds. The molecule has 9 nitrogen and oxygen atoms in total. The minimum atomic E-state index is -5.39. The number of allylic oxidation sites excluding steroid dienone is 6. The van der Waals surface area contributed by atoms with Crippen LogP contribution in [0, 0.1) is 19.8 Å². The molecule has 0 saturated heterocycles. The smallest absolute Gasteiger partial charge is 0.380 e. The van der Waals surface area contributed by atoms with Crippen LogP contribution in [-0.4, -0.2) is 59.0 Å². The number of hydrogen-bond acceptors (Lipinski definition) is 8. The maximum absolute atomic E-state index is 12.8. The van der Waals surface area contributed by atoms with Crippen molar-refractivity contribution in [3.63, 3.8) is 0 Å². The highest BCUT2D eigenvalue weighted by atomic mass is 32.2. The summed E-state index contributed by atoms with van der Waals surface area (Å²) < 4.78 is 103. The molecule has 1 atom stereocenters. The molecule has 2 N–H and O–H groups in total. The first kappa shape index (κ1) is 39.7. The van der Waals surface area contributed by atoms with Gasteiger partial charge < -0.3 is 9.64 Å². The number of anilines is 1. The van der Waals surface area contributed by atoms with E-state index in [0.29, 0.717) is 25.6 Å². The second kappa shape index (κ2) is 16.4. The molecule has 0 saturated carbocycles. The van der Waals surface area contributed by atoms with Crippen molar-refractivity contribution in [2.75, 3.05) is 37.0 Å². The summed E-state index contributed by atoms with van der Waals surface area (Å²) in [5, 5.41) is 2.06. The predicted octanol–water partition coefficient (Wildman–Crippen LogP) is 7.82. The molecular weight excluding hydrogens is 768 g/mol. The van der Waals surface area contributed by atoms with Crippen LogP contribution in [0.5, 0.6) is 0 Å². The summed E-state index contributed by atoms with van der Waals surface area (Å²) >= 11 is 3.33. The van der Waals surface area contributed by atoms with E-state index < -0.39 is 25.6 Å². The number of thiazole rings is 1. The van der Waals surface area contributed by atoms with Crippen molar-refractivity contribution in [3.8, 4) is 0 Å². The van der Waals surface area contributed by atoms with Gasteiger partial charge in [0.05, 0.1) is 23.1 Å². The highest BCUT2D eigenvalue weighted by Crippen LogP contribution is 2.47. The van der Waals surface area contributed by atoms with Crippen LogP contribution in [0.25, 0.3) is 16.3 Å². The fraction of sp³-hybridized carbons (Fsp3) is 0.432. The molecule has 1 aliphatic heterocycles. The lowest BCUT2D eigenvalue weighted by molar-refractivity contribution is -0.669. The van der Waals surface area contributed by atoms with Crippen LogP contribution < -0.4 is 14.2 Å². The minimum Gasteiger partial charge on any atom is -0.380 e. The molecule has 0 radical (unpaired) electrons. The Kier molecular flexibility index (Phi) is 12.3. The number of alkyl halides is 3. The minimum absolute atomic E-state index is 0.193. The molecule has 0 fully saturated rings. The quantitative estimate of drug-likeness (QED) is 0.0963. The Bertz CT molecular complexity index is 2210. The first-order valence-corrected chi connectivity index (χ1v) is 22.2. The van der Waals surface area contributed by atoms with Crippen LogP contribution in [-0.2, 0) is 31.4 Å². The zero-order valence-corrected chi connectivity index (χ0v) is 32.8. The van der Waals surface area contributed by atoms with Gasteiger partial charge in [-0.1, -0.05) is 47.4 Å². The molecule has 2 aromatic carbocycles. The van der Waals surface area contributed by atoms with Gasteiger partial charge in [-0.15, -0.1) is 0 Å². The van der Waals surface area contributed by atoms with Crippen LogP contribution in [0.3, 0.4) is 0 Å². The van der Waals surface area contributed by atoms with E-state index in [4.69, 9.17) is 9.29 Å². The monoisotopic (exact) mass is 810 g/mol. The number of nitrogens with one attached hydrogen (secondary N) is 1. The number of fused-ring (bicyclic) bond motifs is 3. The molecule has 2 aliphatic carbocycles. The van der Waals surface area contributed by atoms with Gasteiger partial charge in [-0.05, 0) is 104 Å². The Labute approximate surface area is 317 Å². The lowest BCUT2D eigenvalue weighted by Gasteiger charge is -2.28. The van der Waals surface area contributed by atoms with Gasteiger partial charge in [0.25, 0.3) is 15.1 Å². The van der Waals surface area contributed by atoms with Gasteiger partial charge in [-0.3, -0.25) is 4.55 Å². The van der Waals surface area contributed by atoms with Gasteiger partial charge in [0.1, 0.15) is 4.70 Å². The van der Waals surface area contributed by atoms with E-state index in [1.807, 2.05) is 25.1 Å². The van der Waals surface area contributed by atoms with Crippen molar-refractivity contribution in [2.45, 2.75) is 69.3 Å². The zero-order valence-electron chi connectivity index (χ0n) is 29.5. The number of rotatable bonds is 14. The lowest BCUT2D eigenvalue weighted by atomic mass is 9.77. The van der Waals surface area contributed by atoms with E-state index in [2.05, 4.69) is 58.9 Å². The maximum atomic E-state index is 12.8. The summed E-state index contributed by atoms with van der Waals surface area (Å²) in [4.78, 5) is 3.41. The van der Waals surface area contributed by atoms with Crippen LogP contribution in [0.15, 0.2) is 81.3 Å². The molecule has 6 rings (SSSR count). The number of aromatic nitrogens is 1. The third kappa shape index (κ3) is 10.0. The molecular formula is C37H43F3N3O6S4+. The predicted molar refractivity (Wildman–Crippen MR) is 205 cm³/mol. The van der Waals surface area contributed by atoms with Crippen LogP contribution >= 0.6 is 23.1 Å². The van der Waals surface area contributed by atoms with Crippen molar-refractivity contribution < 1.29 is 43.9 Å². The largest absolute Gasteiger partial charge is 0.511 e. The Morgan fingerprint density at radius 2 is 1.75 bits per heavy atom. The number of nitrogens with zero attached hydrogens (tertiary/aromatic N) is 2. The fourth-order valence-corrected chi connectivity index (χ4v) is 10.1. The third-order valence-electron chi connectivity index (χ3n) is 9.43. The first-order valence-electron chi connectivity index (χ1n) is 17.5. The molecule has 53 heavy (non-hydrogen) atoms. The van der Waals surface area contributed by atoms with Gasteiger partial charge in [0.2, 0.25) is 5.52 Å². The van der Waals surface area contributed by atoms with E-state index in [1.54, 1.807) is 27.8 Å². The normalized spacial score (nSPS) is 19.5. The molecule has 0 bridgehead atoms. The molecule has 0 spiro atoms. The fourth-order valence-electron chi connectivity index (χ4n) is 6.78. The summed E-state index contributed by atoms with van der Waals surface area (Å²) in [5.74, 6) is 0.127. The van der Waals surface area contributed by atoms with Crippen molar-refractivity contribution in [2.24, 2.45) is 5.92 Å². The second-order valence-corrected chi connectivity index (χ2v) is 19.0.